The molecule has 1 amide bonds. The number of carbonyl (C=O) groups excluding carboxylic acids is 1. The number of sulfone groups is 1. The minimum atomic E-state index is -3.22. The van der Waals surface area contributed by atoms with Gasteiger partial charge in [-0.05, 0) is 41.2 Å². The molecule has 2 atom stereocenters. The first-order valence-corrected chi connectivity index (χ1v) is 12.8. The zero-order chi connectivity index (χ0) is 22.6. The minimum Gasteiger partial charge on any atom is -0.368 e. The first-order chi connectivity index (χ1) is 14.6. The summed E-state index contributed by atoms with van der Waals surface area (Å²) in [7, 11) is -3.22. The number of carbonyl (C=O) groups is 1. The Balaban J connectivity index is 1.88. The Labute approximate surface area is 187 Å². The number of rotatable bonds is 9. The van der Waals surface area contributed by atoms with E-state index in [1.54, 1.807) is 30.5 Å². The standard InChI is InChI=1S/C23H27N3O3S2/c1-15(2)14-20(22(24)27)26-21(23-25-12-13-30-23)18-6-4-16(5-7-18)17-8-10-19(11-9-17)31(3,28)29/h4-13,15,20-21,26H,14H2,1-3H3,(H2,24,27)/t20-,21-/m0/s1. The van der Waals surface area contributed by atoms with Gasteiger partial charge >= 0.3 is 0 Å². The van der Waals surface area contributed by atoms with Gasteiger partial charge in [-0.3, -0.25) is 10.1 Å². The molecule has 1 aromatic heterocycles. The molecule has 3 rings (SSSR count). The highest BCUT2D eigenvalue weighted by Crippen LogP contribution is 2.28. The molecule has 6 nitrogen and oxygen atoms in total. The molecule has 3 aromatic rings. The quantitative estimate of drug-likeness (QED) is 0.509. The SMILES string of the molecule is CC(C)C[C@H](N[C@@H](c1ccc(-c2ccc(S(C)(=O)=O)cc2)cc1)c1nccs1)C(N)=O. The Morgan fingerprint density at radius 2 is 1.65 bits per heavy atom. The lowest BCUT2D eigenvalue weighted by atomic mass is 9.98. The number of benzene rings is 2. The molecule has 0 saturated heterocycles. The molecular formula is C23H27N3O3S2. The zero-order valence-electron chi connectivity index (χ0n) is 17.8. The van der Waals surface area contributed by atoms with Gasteiger partial charge in [0.15, 0.2) is 9.84 Å². The van der Waals surface area contributed by atoms with Gasteiger partial charge in [0.1, 0.15) is 5.01 Å². The van der Waals surface area contributed by atoms with E-state index in [1.807, 2.05) is 29.6 Å². The molecule has 0 aliphatic carbocycles. The first kappa shape index (κ1) is 23.1. The van der Waals surface area contributed by atoms with E-state index in [2.05, 4.69) is 24.1 Å². The number of aromatic nitrogens is 1. The van der Waals surface area contributed by atoms with E-state index in [0.717, 1.165) is 21.7 Å². The number of nitrogens with two attached hydrogens (primary N) is 1. The fraction of sp³-hybridized carbons (Fsp3) is 0.304. The van der Waals surface area contributed by atoms with Crippen LogP contribution < -0.4 is 11.1 Å². The molecule has 3 N–H and O–H groups in total. The van der Waals surface area contributed by atoms with Gasteiger partial charge in [0.2, 0.25) is 5.91 Å². The van der Waals surface area contributed by atoms with Crippen molar-refractivity contribution in [2.45, 2.75) is 37.2 Å². The van der Waals surface area contributed by atoms with Crippen LogP contribution in [0.4, 0.5) is 0 Å². The molecule has 31 heavy (non-hydrogen) atoms. The molecule has 0 radical (unpaired) electrons. The molecule has 164 valence electrons. The second-order valence-electron chi connectivity index (χ2n) is 7.97. The van der Waals surface area contributed by atoms with Crippen LogP contribution in [0.1, 0.15) is 36.9 Å². The maximum atomic E-state index is 12.0. The number of thiazole rings is 1. The van der Waals surface area contributed by atoms with Crippen LogP contribution in [0.25, 0.3) is 11.1 Å². The number of nitrogens with zero attached hydrogens (tertiary/aromatic N) is 1. The molecule has 0 aliphatic heterocycles. The fourth-order valence-electron chi connectivity index (χ4n) is 3.39. The van der Waals surface area contributed by atoms with E-state index >= 15 is 0 Å². The lowest BCUT2D eigenvalue weighted by Crippen LogP contribution is -2.44. The molecule has 8 heteroatoms. The molecule has 0 bridgehead atoms. The third-order valence-corrected chi connectivity index (χ3v) is 6.95. The molecule has 0 saturated carbocycles. The summed E-state index contributed by atoms with van der Waals surface area (Å²) < 4.78 is 23.3. The van der Waals surface area contributed by atoms with Crippen LogP contribution in [0.15, 0.2) is 65.0 Å². The maximum absolute atomic E-state index is 12.0. The van der Waals surface area contributed by atoms with Crippen LogP contribution in [-0.4, -0.2) is 31.6 Å². The summed E-state index contributed by atoms with van der Waals surface area (Å²) in [6.45, 7) is 4.11. The van der Waals surface area contributed by atoms with Gasteiger partial charge in [-0.2, -0.15) is 0 Å². The van der Waals surface area contributed by atoms with Gasteiger partial charge < -0.3 is 5.73 Å². The Morgan fingerprint density at radius 1 is 1.06 bits per heavy atom. The van der Waals surface area contributed by atoms with E-state index in [9.17, 15) is 13.2 Å². The van der Waals surface area contributed by atoms with Crippen molar-refractivity contribution >= 4 is 27.1 Å². The molecule has 0 spiro atoms. The van der Waals surface area contributed by atoms with Crippen LogP contribution in [-0.2, 0) is 14.6 Å². The Kier molecular flexibility index (Phi) is 7.25. The third kappa shape index (κ3) is 6.00. The van der Waals surface area contributed by atoms with Crippen molar-refractivity contribution in [1.82, 2.24) is 10.3 Å². The van der Waals surface area contributed by atoms with Crippen molar-refractivity contribution in [2.24, 2.45) is 11.7 Å². The summed E-state index contributed by atoms with van der Waals surface area (Å²) in [6.07, 6.45) is 3.58. The average molecular weight is 458 g/mol. The lowest BCUT2D eigenvalue weighted by molar-refractivity contribution is -0.120. The van der Waals surface area contributed by atoms with Gasteiger partial charge in [-0.1, -0.05) is 50.2 Å². The number of hydrogen-bond acceptors (Lipinski definition) is 6. The third-order valence-electron chi connectivity index (χ3n) is 4.98. The monoisotopic (exact) mass is 457 g/mol. The summed E-state index contributed by atoms with van der Waals surface area (Å²) in [4.78, 5) is 16.7. The van der Waals surface area contributed by atoms with Gasteiger partial charge in [-0.25, -0.2) is 13.4 Å². The number of amides is 1. The van der Waals surface area contributed by atoms with Crippen LogP contribution in [0.2, 0.25) is 0 Å². The van der Waals surface area contributed by atoms with Gasteiger partial charge in [0.25, 0.3) is 0 Å². The second kappa shape index (κ2) is 9.72. The van der Waals surface area contributed by atoms with E-state index in [0.29, 0.717) is 17.2 Å². The highest BCUT2D eigenvalue weighted by Gasteiger charge is 2.25. The molecular weight excluding hydrogens is 430 g/mol. The van der Waals surface area contributed by atoms with Crippen LogP contribution >= 0.6 is 11.3 Å². The Morgan fingerprint density at radius 3 is 2.10 bits per heavy atom. The van der Waals surface area contributed by atoms with E-state index < -0.39 is 15.9 Å². The smallest absolute Gasteiger partial charge is 0.234 e. The van der Waals surface area contributed by atoms with Crippen molar-refractivity contribution in [3.63, 3.8) is 0 Å². The molecule has 2 aromatic carbocycles. The topological polar surface area (TPSA) is 102 Å². The number of nitrogens with one attached hydrogen (secondary N) is 1. The van der Waals surface area contributed by atoms with Crippen LogP contribution in [0.5, 0.6) is 0 Å². The predicted octanol–water partition coefficient (Wildman–Crippen LogP) is 3.79. The molecule has 0 unspecified atom stereocenters. The number of hydrogen-bond donors (Lipinski definition) is 2. The normalized spacial score (nSPS) is 13.8. The summed E-state index contributed by atoms with van der Waals surface area (Å²) in [5.41, 5.74) is 8.51. The summed E-state index contributed by atoms with van der Waals surface area (Å²) in [6, 6.07) is 14.1. The Bertz CT molecular complexity index is 1110. The highest BCUT2D eigenvalue weighted by atomic mass is 32.2. The zero-order valence-corrected chi connectivity index (χ0v) is 19.4. The largest absolute Gasteiger partial charge is 0.368 e. The van der Waals surface area contributed by atoms with Crippen molar-refractivity contribution in [1.29, 1.82) is 0 Å². The van der Waals surface area contributed by atoms with Gasteiger partial charge in [0, 0.05) is 17.8 Å². The summed E-state index contributed by atoms with van der Waals surface area (Å²) in [5.74, 6) is -0.0583. The molecule has 0 aliphatic rings. The first-order valence-electron chi connectivity index (χ1n) is 10.0. The fourth-order valence-corrected chi connectivity index (χ4v) is 4.74. The molecule has 0 fully saturated rings. The van der Waals surface area contributed by atoms with Crippen LogP contribution in [0, 0.1) is 5.92 Å². The molecule has 1 heterocycles. The van der Waals surface area contributed by atoms with Crippen molar-refractivity contribution in [3.8, 4) is 11.1 Å². The van der Waals surface area contributed by atoms with Crippen molar-refractivity contribution < 1.29 is 13.2 Å². The van der Waals surface area contributed by atoms with E-state index in [1.165, 1.54) is 17.6 Å². The van der Waals surface area contributed by atoms with Gasteiger partial charge in [0.05, 0.1) is 17.0 Å². The van der Waals surface area contributed by atoms with E-state index in [4.69, 9.17) is 5.73 Å². The van der Waals surface area contributed by atoms with E-state index in [-0.39, 0.29) is 11.9 Å². The second-order valence-corrected chi connectivity index (χ2v) is 10.9. The van der Waals surface area contributed by atoms with Crippen LogP contribution in [0.3, 0.4) is 0 Å². The number of primary amides is 1. The lowest BCUT2D eigenvalue weighted by Gasteiger charge is -2.24. The van der Waals surface area contributed by atoms with Gasteiger partial charge in [-0.15, -0.1) is 11.3 Å². The average Bonchev–Trinajstić information content (AvgIpc) is 3.25. The van der Waals surface area contributed by atoms with Crippen molar-refractivity contribution in [2.75, 3.05) is 6.26 Å². The summed E-state index contributed by atoms with van der Waals surface area (Å²) in [5, 5.41) is 6.16. The minimum absolute atomic E-state index is 0.252. The Hall–Kier alpha value is -2.55. The summed E-state index contributed by atoms with van der Waals surface area (Å²) >= 11 is 1.52. The van der Waals surface area contributed by atoms with Crippen molar-refractivity contribution in [3.05, 3.63) is 70.7 Å². The highest BCUT2D eigenvalue weighted by molar-refractivity contribution is 7.90. The predicted molar refractivity (Wildman–Crippen MR) is 125 cm³/mol. The maximum Gasteiger partial charge on any atom is 0.234 e.